The SMILES string of the molecule is CCOC(=O)c1c(NC(=O)CS(=O)(=O)CC(=O)N=c2sc3cc(OCC)ccc3n2CCOC)sc2c1CCCC2. The van der Waals surface area contributed by atoms with Crippen LogP contribution in [-0.2, 0) is 48.3 Å². The molecule has 4 rings (SSSR count). The molecule has 2 amide bonds. The normalized spacial score (nSPS) is 13.7. The highest BCUT2D eigenvalue weighted by Crippen LogP contribution is 2.38. The second-order valence-corrected chi connectivity index (χ2v) is 13.5. The molecule has 0 saturated heterocycles. The molecule has 1 aliphatic rings. The number of carbonyl (C=O) groups excluding carboxylic acids is 3. The molecule has 0 atom stereocenters. The number of ether oxygens (including phenoxy) is 3. The van der Waals surface area contributed by atoms with Crippen molar-refractivity contribution in [2.24, 2.45) is 4.99 Å². The van der Waals surface area contributed by atoms with Crippen LogP contribution in [0.15, 0.2) is 23.2 Å². The summed E-state index contributed by atoms with van der Waals surface area (Å²) in [6, 6.07) is 5.50. The van der Waals surface area contributed by atoms with Gasteiger partial charge in [0.25, 0.3) is 5.91 Å². The van der Waals surface area contributed by atoms with Crippen molar-refractivity contribution in [2.45, 2.75) is 46.1 Å². The average Bonchev–Trinajstić information content (AvgIpc) is 3.43. The van der Waals surface area contributed by atoms with E-state index in [1.807, 2.05) is 25.1 Å². The number of methoxy groups -OCH3 is 1. The minimum atomic E-state index is -4.16. The van der Waals surface area contributed by atoms with Crippen LogP contribution in [0.2, 0.25) is 0 Å². The van der Waals surface area contributed by atoms with Gasteiger partial charge in [-0.05, 0) is 63.3 Å². The number of esters is 1. The summed E-state index contributed by atoms with van der Waals surface area (Å²) < 4.78 is 44.2. The van der Waals surface area contributed by atoms with Crippen molar-refractivity contribution in [1.82, 2.24) is 4.57 Å². The number of hydrogen-bond acceptors (Lipinski definition) is 10. The monoisotopic (exact) mass is 623 g/mol. The van der Waals surface area contributed by atoms with E-state index < -0.39 is 39.1 Å². The third kappa shape index (κ3) is 7.61. The van der Waals surface area contributed by atoms with Gasteiger partial charge in [-0.25, -0.2) is 13.2 Å². The molecular weight excluding hydrogens is 591 g/mol. The molecule has 14 heteroatoms. The van der Waals surface area contributed by atoms with Crippen LogP contribution in [-0.4, -0.2) is 69.2 Å². The van der Waals surface area contributed by atoms with Gasteiger partial charge in [-0.15, -0.1) is 11.3 Å². The largest absolute Gasteiger partial charge is 0.494 e. The Morgan fingerprint density at radius 2 is 1.85 bits per heavy atom. The molecule has 2 aromatic heterocycles. The van der Waals surface area contributed by atoms with Crippen LogP contribution in [0.1, 0.15) is 47.5 Å². The topological polar surface area (TPSA) is 142 Å². The van der Waals surface area contributed by atoms with Crippen LogP contribution < -0.4 is 14.9 Å². The quantitative estimate of drug-likeness (QED) is 0.303. The molecular formula is C27H33N3O8S3. The lowest BCUT2D eigenvalue weighted by molar-refractivity contribution is -0.115. The Morgan fingerprint density at radius 3 is 2.59 bits per heavy atom. The fourth-order valence-corrected chi connectivity index (χ4v) is 8.02. The molecule has 3 aromatic rings. The number of fused-ring (bicyclic) bond motifs is 2. The number of carbonyl (C=O) groups is 3. The first-order valence-electron chi connectivity index (χ1n) is 13.3. The number of anilines is 1. The van der Waals surface area contributed by atoms with Gasteiger partial charge in [-0.3, -0.25) is 9.59 Å². The van der Waals surface area contributed by atoms with Crippen LogP contribution in [0.3, 0.4) is 0 Å². The Morgan fingerprint density at radius 1 is 1.07 bits per heavy atom. The van der Waals surface area contributed by atoms with Crippen molar-refractivity contribution < 1.29 is 37.0 Å². The molecule has 1 aromatic carbocycles. The van der Waals surface area contributed by atoms with Gasteiger partial charge in [0.15, 0.2) is 14.6 Å². The summed E-state index contributed by atoms with van der Waals surface area (Å²) >= 11 is 2.50. The van der Waals surface area contributed by atoms with Gasteiger partial charge in [-0.2, -0.15) is 4.99 Å². The van der Waals surface area contributed by atoms with E-state index in [4.69, 9.17) is 14.2 Å². The van der Waals surface area contributed by atoms with Crippen molar-refractivity contribution in [3.8, 4) is 5.75 Å². The van der Waals surface area contributed by atoms with Crippen LogP contribution in [0.5, 0.6) is 5.75 Å². The van der Waals surface area contributed by atoms with Crippen LogP contribution in [0.25, 0.3) is 10.2 Å². The highest BCUT2D eigenvalue weighted by atomic mass is 32.2. The van der Waals surface area contributed by atoms with Gasteiger partial charge in [0, 0.05) is 18.5 Å². The number of hydrogen-bond donors (Lipinski definition) is 1. The number of thiophene rings is 1. The smallest absolute Gasteiger partial charge is 0.341 e. The number of thiazole rings is 1. The number of sulfone groups is 1. The third-order valence-corrected chi connectivity index (χ3v) is 9.94. The average molecular weight is 624 g/mol. The molecule has 11 nitrogen and oxygen atoms in total. The molecule has 1 aliphatic carbocycles. The summed E-state index contributed by atoms with van der Waals surface area (Å²) in [5.74, 6) is -3.45. The van der Waals surface area contributed by atoms with Gasteiger partial charge in [0.05, 0.1) is 35.6 Å². The Kier molecular flexibility index (Phi) is 10.3. The standard InChI is InChI=1S/C27H33N3O8S3/c1-4-37-17-10-11-19-21(14-17)40-27(30(19)12-13-36-3)29-23(32)16-41(34,35)15-22(31)28-25-24(26(33)38-5-2)18-8-6-7-9-20(18)39-25/h10-11,14H,4-9,12-13,15-16H2,1-3H3,(H,28,31). The fourth-order valence-electron chi connectivity index (χ4n) is 4.61. The van der Waals surface area contributed by atoms with Crippen molar-refractivity contribution in [3.63, 3.8) is 0 Å². The molecule has 0 radical (unpaired) electrons. The van der Waals surface area contributed by atoms with E-state index in [1.165, 1.54) is 22.7 Å². The zero-order valence-corrected chi connectivity index (χ0v) is 25.6. The van der Waals surface area contributed by atoms with Crippen molar-refractivity contribution in [3.05, 3.63) is 39.0 Å². The number of nitrogens with one attached hydrogen (secondary N) is 1. The first-order chi connectivity index (χ1) is 19.7. The van der Waals surface area contributed by atoms with E-state index in [2.05, 4.69) is 10.3 Å². The van der Waals surface area contributed by atoms with Crippen LogP contribution in [0, 0.1) is 0 Å². The molecule has 41 heavy (non-hydrogen) atoms. The fraction of sp³-hybridized carbons (Fsp3) is 0.481. The molecule has 0 bridgehead atoms. The van der Waals surface area contributed by atoms with E-state index in [-0.39, 0.29) is 11.6 Å². The molecule has 2 heterocycles. The minimum Gasteiger partial charge on any atom is -0.494 e. The number of aromatic nitrogens is 1. The molecule has 222 valence electrons. The van der Waals surface area contributed by atoms with Gasteiger partial charge < -0.3 is 24.1 Å². The third-order valence-electron chi connectivity index (χ3n) is 6.30. The summed E-state index contributed by atoms with van der Waals surface area (Å²) in [7, 11) is -2.60. The Balaban J connectivity index is 1.51. The number of nitrogens with zero attached hydrogens (tertiary/aromatic N) is 2. The molecule has 1 N–H and O–H groups in total. The van der Waals surface area contributed by atoms with Crippen molar-refractivity contribution in [2.75, 3.05) is 43.8 Å². The lowest BCUT2D eigenvalue weighted by atomic mass is 9.95. The highest BCUT2D eigenvalue weighted by Gasteiger charge is 2.29. The maximum absolute atomic E-state index is 12.8. The molecule has 0 spiro atoms. The first-order valence-corrected chi connectivity index (χ1v) is 16.8. The lowest BCUT2D eigenvalue weighted by Crippen LogP contribution is -2.28. The van der Waals surface area contributed by atoms with E-state index in [0.717, 1.165) is 39.9 Å². The van der Waals surface area contributed by atoms with Gasteiger partial charge in [-0.1, -0.05) is 11.3 Å². The summed E-state index contributed by atoms with van der Waals surface area (Å²) in [5, 5.41) is 2.86. The van der Waals surface area contributed by atoms with E-state index >= 15 is 0 Å². The van der Waals surface area contributed by atoms with Crippen molar-refractivity contribution >= 4 is 65.5 Å². The number of rotatable bonds is 12. The maximum atomic E-state index is 12.8. The van der Waals surface area contributed by atoms with E-state index in [0.29, 0.717) is 42.3 Å². The highest BCUT2D eigenvalue weighted by molar-refractivity contribution is 7.92. The predicted molar refractivity (Wildman–Crippen MR) is 158 cm³/mol. The predicted octanol–water partition coefficient (Wildman–Crippen LogP) is 3.35. The van der Waals surface area contributed by atoms with Crippen molar-refractivity contribution in [1.29, 1.82) is 0 Å². The Hall–Kier alpha value is -3.07. The van der Waals surface area contributed by atoms with Crippen LogP contribution in [0.4, 0.5) is 5.00 Å². The lowest BCUT2D eigenvalue weighted by Gasteiger charge is -2.12. The minimum absolute atomic E-state index is 0.176. The second kappa shape index (κ2) is 13.7. The number of aryl methyl sites for hydroxylation is 1. The summed E-state index contributed by atoms with van der Waals surface area (Å²) in [4.78, 5) is 43.6. The Bertz CT molecular complexity index is 1620. The summed E-state index contributed by atoms with van der Waals surface area (Å²) in [6.07, 6.45) is 3.37. The summed E-state index contributed by atoms with van der Waals surface area (Å²) in [5.41, 5.74) is 1.95. The Labute approximate surface area is 246 Å². The number of benzene rings is 1. The van der Waals surface area contributed by atoms with E-state index in [9.17, 15) is 22.8 Å². The summed E-state index contributed by atoms with van der Waals surface area (Å²) in [6.45, 7) is 5.01. The zero-order chi connectivity index (χ0) is 29.6. The number of amides is 2. The first kappa shape index (κ1) is 30.9. The molecule has 0 unspecified atom stereocenters. The maximum Gasteiger partial charge on any atom is 0.341 e. The van der Waals surface area contributed by atoms with Crippen LogP contribution >= 0.6 is 22.7 Å². The second-order valence-electron chi connectivity index (χ2n) is 9.31. The van der Waals surface area contributed by atoms with Gasteiger partial charge in [0.1, 0.15) is 22.3 Å². The van der Waals surface area contributed by atoms with Gasteiger partial charge in [0.2, 0.25) is 5.91 Å². The zero-order valence-electron chi connectivity index (χ0n) is 23.2. The molecule has 0 aliphatic heterocycles. The molecule has 0 fully saturated rings. The molecule has 0 saturated carbocycles. The van der Waals surface area contributed by atoms with E-state index in [1.54, 1.807) is 18.6 Å². The van der Waals surface area contributed by atoms with Gasteiger partial charge >= 0.3 is 5.97 Å².